The van der Waals surface area contributed by atoms with Crippen LogP contribution in [0.2, 0.25) is 0 Å². The summed E-state index contributed by atoms with van der Waals surface area (Å²) in [5, 5.41) is 41.1. The van der Waals surface area contributed by atoms with Crippen LogP contribution in [-0.2, 0) is 57.1 Å². The van der Waals surface area contributed by atoms with E-state index in [0.29, 0.717) is 12.0 Å². The highest BCUT2D eigenvalue weighted by Gasteiger charge is 2.78. The molecule has 5 aliphatic rings. The van der Waals surface area contributed by atoms with Crippen molar-refractivity contribution in [2.24, 2.45) is 28.6 Å². The van der Waals surface area contributed by atoms with Crippen LogP contribution in [0, 0.1) is 28.6 Å². The molecule has 18 heteroatoms. The third kappa shape index (κ3) is 13.8. The van der Waals surface area contributed by atoms with Crippen molar-refractivity contribution >= 4 is 35.8 Å². The van der Waals surface area contributed by atoms with E-state index in [9.17, 15) is 34.5 Å². The van der Waals surface area contributed by atoms with Gasteiger partial charge in [0.15, 0.2) is 23.8 Å². The molecule has 0 aromatic heterocycles. The van der Waals surface area contributed by atoms with Gasteiger partial charge in [0.25, 0.3) is 5.91 Å². The fraction of sp³-hybridized carbons (Fsp3) is 0.677. The van der Waals surface area contributed by atoms with E-state index in [0.717, 1.165) is 58.8 Å². The minimum absolute atomic E-state index is 0.144. The van der Waals surface area contributed by atoms with E-state index in [4.69, 9.17) is 37.9 Å². The first-order valence-corrected chi connectivity index (χ1v) is 29.2. The van der Waals surface area contributed by atoms with Crippen LogP contribution in [0.1, 0.15) is 173 Å². The predicted molar refractivity (Wildman–Crippen MR) is 292 cm³/mol. The second-order valence-corrected chi connectivity index (χ2v) is 23.6. The zero-order chi connectivity index (χ0) is 57.8. The van der Waals surface area contributed by atoms with Crippen LogP contribution in [0.5, 0.6) is 0 Å². The molecule has 442 valence electrons. The molecule has 7 rings (SSSR count). The highest BCUT2D eigenvalue weighted by Crippen LogP contribution is 2.65. The first kappa shape index (κ1) is 62.4. The van der Waals surface area contributed by atoms with Crippen molar-refractivity contribution in [3.8, 4) is 0 Å². The number of aliphatic hydroxyl groups is 3. The number of rotatable bonds is 26. The van der Waals surface area contributed by atoms with E-state index in [2.05, 4.69) is 24.4 Å². The van der Waals surface area contributed by atoms with Gasteiger partial charge < -0.3 is 58.5 Å². The Morgan fingerprint density at radius 2 is 1.44 bits per heavy atom. The molecule has 80 heavy (non-hydrogen) atoms. The van der Waals surface area contributed by atoms with Gasteiger partial charge in [-0.2, -0.15) is 0 Å². The lowest BCUT2D eigenvalue weighted by Crippen LogP contribution is -2.82. The van der Waals surface area contributed by atoms with Gasteiger partial charge in [-0.25, -0.2) is 9.59 Å². The highest BCUT2D eigenvalue weighted by atomic mass is 16.8. The molecule has 2 aliphatic heterocycles. The predicted octanol–water partition coefficient (Wildman–Crippen LogP) is 8.75. The van der Waals surface area contributed by atoms with E-state index < -0.39 is 137 Å². The van der Waals surface area contributed by atoms with E-state index in [-0.39, 0.29) is 31.8 Å². The number of ether oxygens (including phenoxy) is 8. The van der Waals surface area contributed by atoms with E-state index in [1.54, 1.807) is 81.4 Å². The van der Waals surface area contributed by atoms with Crippen molar-refractivity contribution in [1.82, 2.24) is 5.32 Å². The van der Waals surface area contributed by atoms with Crippen LogP contribution in [0.4, 0.5) is 4.79 Å². The van der Waals surface area contributed by atoms with Gasteiger partial charge in [-0.1, -0.05) is 140 Å². The fourth-order valence-electron chi connectivity index (χ4n) is 13.4. The third-order valence-electron chi connectivity index (χ3n) is 17.9. The molecule has 2 saturated heterocycles. The van der Waals surface area contributed by atoms with Gasteiger partial charge in [0.1, 0.15) is 31.0 Å². The number of fused-ring (bicyclic) bond motifs is 5. The quantitative estimate of drug-likeness (QED) is 0.0297. The Morgan fingerprint density at radius 1 is 0.812 bits per heavy atom. The van der Waals surface area contributed by atoms with Crippen LogP contribution in [0.25, 0.3) is 0 Å². The number of allylic oxidation sites excluding steroid dienone is 2. The van der Waals surface area contributed by atoms with Gasteiger partial charge in [0.2, 0.25) is 6.10 Å². The van der Waals surface area contributed by atoms with Crippen LogP contribution in [0.15, 0.2) is 72.8 Å². The van der Waals surface area contributed by atoms with Crippen LogP contribution in [0.3, 0.4) is 0 Å². The van der Waals surface area contributed by atoms with Gasteiger partial charge in [0.05, 0.1) is 36.4 Å². The SMILES string of the molecule is CCCCCCCCC=CCCCCCCCC1OCC(COC(=O)OC(C(=O)OC2CC3(O)C(O)C4C5(OC(C)=O)COC5CC(O)C4(C)C(=O)C(OC(C)=O)C(C2C)C3(C)C)C(NC(=O)c2ccccc2)c2ccccc2)O1. The van der Waals surface area contributed by atoms with Crippen LogP contribution < -0.4 is 5.32 Å². The molecule has 2 heterocycles. The number of nitrogens with one attached hydrogen (secondary N) is 1. The minimum Gasteiger partial charge on any atom is -0.459 e. The molecule has 3 aliphatic carbocycles. The number of carbonyl (C=O) groups excluding carboxylic acids is 6. The van der Waals surface area contributed by atoms with E-state index >= 15 is 9.59 Å². The number of hydrogen-bond donors (Lipinski definition) is 4. The van der Waals surface area contributed by atoms with E-state index in [1.165, 1.54) is 45.4 Å². The van der Waals surface area contributed by atoms with Crippen molar-refractivity contribution < 1.29 is 82.0 Å². The summed E-state index contributed by atoms with van der Waals surface area (Å²) in [4.78, 5) is 84.4. The Balaban J connectivity index is 1.07. The summed E-state index contributed by atoms with van der Waals surface area (Å²) >= 11 is 0. The first-order valence-electron chi connectivity index (χ1n) is 29.2. The normalized spacial score (nSPS) is 32.1. The molecule has 2 aromatic rings. The molecule has 5 fully saturated rings. The van der Waals surface area contributed by atoms with Gasteiger partial charge >= 0.3 is 24.1 Å². The molecular formula is C62H87NO17. The van der Waals surface area contributed by atoms with Crippen molar-refractivity contribution in [3.63, 3.8) is 0 Å². The average Bonchev–Trinajstić information content (AvgIpc) is 3.96. The van der Waals surface area contributed by atoms with Gasteiger partial charge in [-0.05, 0) is 63.1 Å². The van der Waals surface area contributed by atoms with Crippen molar-refractivity contribution in [1.29, 1.82) is 0 Å². The molecule has 2 bridgehead atoms. The maximum Gasteiger partial charge on any atom is 0.509 e. The topological polar surface area (TPSA) is 249 Å². The Bertz CT molecular complexity index is 2440. The molecule has 0 spiro atoms. The number of benzene rings is 2. The molecule has 0 radical (unpaired) electrons. The maximum atomic E-state index is 15.4. The number of esters is 3. The summed E-state index contributed by atoms with van der Waals surface area (Å²) in [6.45, 7) is 10.3. The molecule has 2 aromatic carbocycles. The number of carbonyl (C=O) groups is 6. The zero-order valence-electron chi connectivity index (χ0n) is 47.8. The summed E-state index contributed by atoms with van der Waals surface area (Å²) in [7, 11) is 0. The van der Waals surface area contributed by atoms with Gasteiger partial charge in [0, 0.05) is 55.4 Å². The number of aliphatic hydroxyl groups excluding tert-OH is 2. The summed E-state index contributed by atoms with van der Waals surface area (Å²) < 4.78 is 47.5. The molecule has 15 unspecified atom stereocenters. The maximum absolute atomic E-state index is 15.4. The van der Waals surface area contributed by atoms with Crippen molar-refractivity contribution in [2.45, 2.75) is 217 Å². The van der Waals surface area contributed by atoms with Gasteiger partial charge in [-0.15, -0.1) is 0 Å². The van der Waals surface area contributed by atoms with E-state index in [1.807, 2.05) is 0 Å². The Kier molecular flexibility index (Phi) is 21.6. The Labute approximate surface area is 471 Å². The summed E-state index contributed by atoms with van der Waals surface area (Å²) in [5.41, 5.74) is -7.05. The van der Waals surface area contributed by atoms with Crippen LogP contribution >= 0.6 is 0 Å². The first-order chi connectivity index (χ1) is 38.2. The number of unbranched alkanes of at least 4 members (excludes halogenated alkanes) is 11. The summed E-state index contributed by atoms with van der Waals surface area (Å²) in [5.74, 6) is -7.98. The number of hydrogen-bond acceptors (Lipinski definition) is 17. The average molecular weight is 1120 g/mol. The second-order valence-electron chi connectivity index (χ2n) is 23.6. The number of Topliss-reactive ketones (excluding diaryl/α,β-unsaturated/α-hetero) is 1. The Hall–Kier alpha value is -5.24. The molecule has 1 amide bonds. The highest BCUT2D eigenvalue weighted by molar-refractivity contribution is 5.95. The van der Waals surface area contributed by atoms with Gasteiger partial charge in [-0.3, -0.25) is 19.2 Å². The lowest BCUT2D eigenvalue weighted by Gasteiger charge is -2.68. The Morgan fingerprint density at radius 3 is 2.05 bits per heavy atom. The summed E-state index contributed by atoms with van der Waals surface area (Å²) in [6, 6.07) is 15.1. The summed E-state index contributed by atoms with van der Waals surface area (Å²) in [6.07, 6.45) is 7.97. The van der Waals surface area contributed by atoms with Crippen molar-refractivity contribution in [3.05, 3.63) is 83.9 Å². The lowest BCUT2D eigenvalue weighted by atomic mass is 9.42. The third-order valence-corrected chi connectivity index (χ3v) is 17.9. The smallest absolute Gasteiger partial charge is 0.459 e. The molecule has 4 N–H and O–H groups in total. The standard InChI is InChI=1S/C62H87NO17/c1-8-9-10-11-12-13-14-15-16-17-18-19-20-21-28-33-48-73-36-44(77-48)37-74-58(71)79-52(50(42-29-24-22-25-30-42)63-56(69)43-31-26-23-27-32-43)57(70)78-45-35-62(72)55(68)53-60(7,46(66)34-47-61(53,38-75-47)80-41(4)65)54(67)51(76-40(3)64)49(39(45)2)59(62,5)6/h15-16,22-27,29-32,39,44-53,55,66,68,72H,8-14,17-21,28,33-38H2,1-7H3,(H,63,69). The largest absolute Gasteiger partial charge is 0.509 e. The van der Waals surface area contributed by atoms with Crippen molar-refractivity contribution in [2.75, 3.05) is 19.8 Å². The zero-order valence-corrected chi connectivity index (χ0v) is 47.8. The molecule has 3 saturated carbocycles. The van der Waals surface area contributed by atoms with Crippen LogP contribution in [-0.4, -0.2) is 131 Å². The molecule has 15 atom stereocenters. The number of ketones is 1. The fourth-order valence-corrected chi connectivity index (χ4v) is 13.4. The number of amides is 1. The lowest BCUT2D eigenvalue weighted by molar-refractivity contribution is -0.356. The second kappa shape index (κ2) is 27.7. The monoisotopic (exact) mass is 1120 g/mol. The molecule has 18 nitrogen and oxygen atoms in total. The minimum atomic E-state index is -2.36. The molecular weight excluding hydrogens is 1030 g/mol.